The summed E-state index contributed by atoms with van der Waals surface area (Å²) >= 11 is 2.77. The minimum atomic E-state index is -0.210. The van der Waals surface area contributed by atoms with Gasteiger partial charge in [0, 0.05) is 36.1 Å². The third kappa shape index (κ3) is 5.98. The van der Waals surface area contributed by atoms with E-state index in [9.17, 15) is 9.59 Å². The second kappa shape index (κ2) is 10.5. The van der Waals surface area contributed by atoms with Crippen molar-refractivity contribution >= 4 is 46.5 Å². The highest BCUT2D eigenvalue weighted by Crippen LogP contribution is 2.20. The minimum Gasteiger partial charge on any atom is -0.351 e. The first kappa shape index (κ1) is 20.7. The van der Waals surface area contributed by atoms with E-state index in [0.29, 0.717) is 22.7 Å². The second-order valence-electron chi connectivity index (χ2n) is 6.70. The quantitative estimate of drug-likeness (QED) is 0.567. The summed E-state index contributed by atoms with van der Waals surface area (Å²) in [6.45, 7) is 3.74. The van der Waals surface area contributed by atoms with E-state index in [4.69, 9.17) is 0 Å². The molecule has 2 amide bonds. The van der Waals surface area contributed by atoms with Crippen LogP contribution in [0.4, 0.5) is 11.4 Å². The number of nitrogens with one attached hydrogen (secondary N) is 3. The SMILES string of the molecule is CSNc1cccc(NC(=O)c2cc(C(=O)NCCN3CCCCC3)cs2)c1. The molecule has 0 bridgehead atoms. The number of hydrogen-bond acceptors (Lipinski definition) is 6. The van der Waals surface area contributed by atoms with E-state index in [1.165, 1.54) is 42.5 Å². The second-order valence-corrected chi connectivity index (χ2v) is 8.22. The number of piperidine rings is 1. The van der Waals surface area contributed by atoms with E-state index in [-0.39, 0.29) is 11.8 Å². The van der Waals surface area contributed by atoms with Gasteiger partial charge in [-0.25, -0.2) is 0 Å². The van der Waals surface area contributed by atoms with Gasteiger partial charge in [-0.15, -0.1) is 11.3 Å². The lowest BCUT2D eigenvalue weighted by molar-refractivity contribution is 0.0947. The first-order valence-electron chi connectivity index (χ1n) is 9.45. The van der Waals surface area contributed by atoms with Crippen LogP contribution in [0.1, 0.15) is 39.3 Å². The van der Waals surface area contributed by atoms with Crippen molar-refractivity contribution in [1.29, 1.82) is 0 Å². The Bertz CT molecular complexity index is 803. The number of thiophene rings is 1. The molecule has 150 valence electrons. The van der Waals surface area contributed by atoms with Crippen molar-refractivity contribution in [3.8, 4) is 0 Å². The van der Waals surface area contributed by atoms with Gasteiger partial charge in [-0.05, 0) is 50.2 Å². The lowest BCUT2D eigenvalue weighted by Gasteiger charge is -2.26. The Morgan fingerprint density at radius 1 is 1.11 bits per heavy atom. The van der Waals surface area contributed by atoms with Gasteiger partial charge >= 0.3 is 0 Å². The number of likely N-dealkylation sites (tertiary alicyclic amines) is 1. The largest absolute Gasteiger partial charge is 0.351 e. The van der Waals surface area contributed by atoms with E-state index in [0.717, 1.165) is 25.3 Å². The van der Waals surface area contributed by atoms with Crippen molar-refractivity contribution in [1.82, 2.24) is 10.2 Å². The van der Waals surface area contributed by atoms with Gasteiger partial charge in [-0.3, -0.25) is 9.59 Å². The maximum Gasteiger partial charge on any atom is 0.265 e. The number of benzene rings is 1. The van der Waals surface area contributed by atoms with Crippen LogP contribution < -0.4 is 15.4 Å². The van der Waals surface area contributed by atoms with Crippen molar-refractivity contribution in [2.45, 2.75) is 19.3 Å². The molecular formula is C20H26N4O2S2. The van der Waals surface area contributed by atoms with Crippen molar-refractivity contribution < 1.29 is 9.59 Å². The summed E-state index contributed by atoms with van der Waals surface area (Å²) in [5.74, 6) is -0.336. The van der Waals surface area contributed by atoms with Crippen LogP contribution in [0, 0.1) is 0 Å². The molecule has 1 aromatic heterocycles. The third-order valence-electron chi connectivity index (χ3n) is 4.59. The highest BCUT2D eigenvalue weighted by atomic mass is 32.2. The zero-order valence-corrected chi connectivity index (χ0v) is 17.6. The first-order chi connectivity index (χ1) is 13.7. The van der Waals surface area contributed by atoms with E-state index < -0.39 is 0 Å². The normalized spacial score (nSPS) is 14.5. The van der Waals surface area contributed by atoms with Gasteiger partial charge in [-0.2, -0.15) is 0 Å². The monoisotopic (exact) mass is 418 g/mol. The maximum absolute atomic E-state index is 12.5. The van der Waals surface area contributed by atoms with Crippen LogP contribution >= 0.6 is 23.3 Å². The molecule has 1 fully saturated rings. The molecule has 28 heavy (non-hydrogen) atoms. The summed E-state index contributed by atoms with van der Waals surface area (Å²) in [7, 11) is 0. The summed E-state index contributed by atoms with van der Waals surface area (Å²) in [4.78, 5) is 27.7. The highest BCUT2D eigenvalue weighted by molar-refractivity contribution is 7.99. The lowest BCUT2D eigenvalue weighted by atomic mass is 10.1. The molecule has 1 aliphatic heterocycles. The summed E-state index contributed by atoms with van der Waals surface area (Å²) in [5, 5.41) is 7.57. The fourth-order valence-corrected chi connectivity index (χ4v) is 4.30. The Kier molecular flexibility index (Phi) is 7.76. The molecule has 0 aliphatic carbocycles. The standard InChI is InChI=1S/C20H26N4O2S2/c1-27-23-17-7-5-6-16(13-17)22-20(26)18-12-15(14-28-18)19(25)21-8-11-24-9-3-2-4-10-24/h5-7,12-14,23H,2-4,8-11H2,1H3,(H,21,25)(H,22,26). The molecule has 0 saturated carbocycles. The van der Waals surface area contributed by atoms with Gasteiger partial charge in [-0.1, -0.05) is 24.4 Å². The number of carbonyl (C=O) groups excluding carboxylic acids is 2. The number of rotatable bonds is 8. The van der Waals surface area contributed by atoms with Gasteiger partial charge in [0.05, 0.1) is 10.4 Å². The smallest absolute Gasteiger partial charge is 0.265 e. The van der Waals surface area contributed by atoms with Crippen LogP contribution in [0.5, 0.6) is 0 Å². The summed E-state index contributed by atoms with van der Waals surface area (Å²) < 4.78 is 3.13. The predicted octanol–water partition coefficient (Wildman–Crippen LogP) is 3.91. The lowest BCUT2D eigenvalue weighted by Crippen LogP contribution is -2.37. The molecule has 3 rings (SSSR count). The predicted molar refractivity (Wildman–Crippen MR) is 118 cm³/mol. The van der Waals surface area contributed by atoms with Crippen LogP contribution in [0.25, 0.3) is 0 Å². The molecule has 6 nitrogen and oxygen atoms in total. The van der Waals surface area contributed by atoms with E-state index >= 15 is 0 Å². The van der Waals surface area contributed by atoms with Crippen molar-refractivity contribution in [3.05, 3.63) is 46.2 Å². The molecule has 1 aliphatic rings. The Morgan fingerprint density at radius 3 is 2.68 bits per heavy atom. The molecule has 8 heteroatoms. The fourth-order valence-electron chi connectivity index (χ4n) is 3.16. The van der Waals surface area contributed by atoms with Gasteiger partial charge in [0.2, 0.25) is 0 Å². The van der Waals surface area contributed by atoms with Crippen molar-refractivity contribution in [2.75, 3.05) is 42.5 Å². The number of hydrogen-bond donors (Lipinski definition) is 3. The average molecular weight is 419 g/mol. The van der Waals surface area contributed by atoms with Crippen LogP contribution in [0.15, 0.2) is 35.7 Å². The fraction of sp³-hybridized carbons (Fsp3) is 0.400. The Balaban J connectivity index is 1.50. The topological polar surface area (TPSA) is 73.5 Å². The number of amides is 2. The van der Waals surface area contributed by atoms with Crippen LogP contribution in [0.3, 0.4) is 0 Å². The first-order valence-corrected chi connectivity index (χ1v) is 11.6. The van der Waals surface area contributed by atoms with Gasteiger partial charge in [0.25, 0.3) is 11.8 Å². The Hall–Kier alpha value is -2.03. The summed E-state index contributed by atoms with van der Waals surface area (Å²) in [5.41, 5.74) is 2.17. The highest BCUT2D eigenvalue weighted by Gasteiger charge is 2.15. The summed E-state index contributed by atoms with van der Waals surface area (Å²) in [6, 6.07) is 9.18. The minimum absolute atomic E-state index is 0.126. The zero-order chi connectivity index (χ0) is 19.8. The molecule has 0 unspecified atom stereocenters. The molecule has 0 radical (unpaired) electrons. The van der Waals surface area contributed by atoms with Crippen LogP contribution in [0.2, 0.25) is 0 Å². The van der Waals surface area contributed by atoms with Crippen LogP contribution in [-0.4, -0.2) is 49.1 Å². The van der Waals surface area contributed by atoms with Crippen molar-refractivity contribution in [2.24, 2.45) is 0 Å². The third-order valence-corrected chi connectivity index (χ3v) is 5.96. The van der Waals surface area contributed by atoms with E-state index in [1.807, 2.05) is 30.5 Å². The summed E-state index contributed by atoms with van der Waals surface area (Å²) in [6.07, 6.45) is 5.73. The molecule has 0 atom stereocenters. The number of anilines is 2. The molecule has 1 saturated heterocycles. The molecule has 3 N–H and O–H groups in total. The van der Waals surface area contributed by atoms with Gasteiger partial charge in [0.15, 0.2) is 0 Å². The molecule has 0 spiro atoms. The average Bonchev–Trinajstić information content (AvgIpc) is 3.20. The number of nitrogens with zero attached hydrogens (tertiary/aromatic N) is 1. The number of carbonyl (C=O) groups is 2. The van der Waals surface area contributed by atoms with Gasteiger partial charge < -0.3 is 20.3 Å². The van der Waals surface area contributed by atoms with E-state index in [1.54, 1.807) is 11.4 Å². The Labute approximate surface area is 174 Å². The molecule has 2 aromatic rings. The molecule has 1 aromatic carbocycles. The van der Waals surface area contributed by atoms with Crippen molar-refractivity contribution in [3.63, 3.8) is 0 Å². The van der Waals surface area contributed by atoms with Gasteiger partial charge in [0.1, 0.15) is 0 Å². The molecular weight excluding hydrogens is 392 g/mol. The maximum atomic E-state index is 12.5. The van der Waals surface area contributed by atoms with E-state index in [2.05, 4.69) is 20.3 Å². The molecule has 2 heterocycles. The Morgan fingerprint density at radius 2 is 1.89 bits per heavy atom. The zero-order valence-electron chi connectivity index (χ0n) is 16.0. The van der Waals surface area contributed by atoms with Crippen LogP contribution in [-0.2, 0) is 0 Å².